The molecule has 1 heterocycles. The monoisotopic (exact) mass is 176 g/mol. The van der Waals surface area contributed by atoms with Gasteiger partial charge in [-0.3, -0.25) is 9.36 Å². The van der Waals surface area contributed by atoms with E-state index in [4.69, 9.17) is 5.73 Å². The number of aromatic nitrogens is 1. The highest BCUT2D eigenvalue weighted by Crippen LogP contribution is 1.97. The molecule has 0 atom stereocenters. The fourth-order valence-corrected chi connectivity index (χ4v) is 1.05. The first kappa shape index (κ1) is 9.48. The maximum absolute atomic E-state index is 11.3. The molecule has 1 aromatic heterocycles. The number of pyridine rings is 1. The number of hydrogen-bond donors (Lipinski definition) is 1. The van der Waals surface area contributed by atoms with Gasteiger partial charge in [-0.15, -0.1) is 0 Å². The molecule has 1 rings (SSSR count). The molecule has 13 heavy (non-hydrogen) atoms. The van der Waals surface area contributed by atoms with E-state index in [1.807, 2.05) is 0 Å². The smallest absolute Gasteiger partial charge is 0.254 e. The number of hydrogen-bond acceptors (Lipinski definition) is 2. The average molecular weight is 176 g/mol. The van der Waals surface area contributed by atoms with Gasteiger partial charge in [0.05, 0.1) is 0 Å². The summed E-state index contributed by atoms with van der Waals surface area (Å²) in [6.45, 7) is 3.87. The van der Waals surface area contributed by atoms with E-state index in [1.54, 1.807) is 30.5 Å². The third-order valence-electron chi connectivity index (χ3n) is 1.65. The van der Waals surface area contributed by atoms with Crippen LogP contribution in [0.5, 0.6) is 0 Å². The van der Waals surface area contributed by atoms with Crippen molar-refractivity contribution in [3.05, 3.63) is 53.5 Å². The zero-order valence-electron chi connectivity index (χ0n) is 7.31. The van der Waals surface area contributed by atoms with Crippen molar-refractivity contribution in [3.63, 3.8) is 0 Å². The number of nitrogens with zero attached hydrogens (tertiary/aromatic N) is 1. The molecule has 0 unspecified atom stereocenters. The van der Waals surface area contributed by atoms with E-state index in [1.165, 1.54) is 10.6 Å². The van der Waals surface area contributed by atoms with Crippen LogP contribution in [0.4, 0.5) is 0 Å². The molecule has 68 valence electrons. The Morgan fingerprint density at radius 3 is 2.92 bits per heavy atom. The van der Waals surface area contributed by atoms with Gasteiger partial charge in [-0.1, -0.05) is 18.7 Å². The van der Waals surface area contributed by atoms with E-state index in [9.17, 15) is 4.79 Å². The van der Waals surface area contributed by atoms with Crippen LogP contribution in [-0.4, -0.2) is 11.1 Å². The third kappa shape index (κ3) is 2.16. The molecule has 0 saturated carbocycles. The summed E-state index contributed by atoms with van der Waals surface area (Å²) in [6, 6.07) is 4.97. The topological polar surface area (TPSA) is 48.0 Å². The molecule has 0 saturated heterocycles. The highest BCUT2D eigenvalue weighted by molar-refractivity contribution is 5.49. The molecule has 0 aliphatic carbocycles. The fraction of sp³-hybridized carbons (Fsp3) is 0.100. The standard InChI is InChI=1S/C10H12N2O/c1-2-5-9(8-11)12-7-4-3-6-10(12)13/h2-7H,1,8,11H2/b9-5+. The Morgan fingerprint density at radius 2 is 2.38 bits per heavy atom. The molecular formula is C10H12N2O. The molecule has 0 aliphatic rings. The Labute approximate surface area is 76.8 Å². The molecule has 0 aromatic carbocycles. The summed E-state index contributed by atoms with van der Waals surface area (Å²) >= 11 is 0. The number of nitrogens with two attached hydrogens (primary N) is 1. The molecule has 0 aliphatic heterocycles. The second-order valence-electron chi connectivity index (χ2n) is 2.51. The van der Waals surface area contributed by atoms with Crippen LogP contribution >= 0.6 is 0 Å². The van der Waals surface area contributed by atoms with Crippen LogP contribution in [0.2, 0.25) is 0 Å². The Morgan fingerprint density at radius 1 is 1.62 bits per heavy atom. The Hall–Kier alpha value is -1.61. The molecule has 2 N–H and O–H groups in total. The molecule has 0 fully saturated rings. The Kier molecular flexibility index (Phi) is 3.23. The quantitative estimate of drug-likeness (QED) is 0.693. The highest BCUT2D eigenvalue weighted by Gasteiger charge is 1.97. The van der Waals surface area contributed by atoms with Gasteiger partial charge in [-0.05, 0) is 12.1 Å². The molecular weight excluding hydrogens is 164 g/mol. The van der Waals surface area contributed by atoms with E-state index in [2.05, 4.69) is 6.58 Å². The lowest BCUT2D eigenvalue weighted by atomic mass is 10.3. The summed E-state index contributed by atoms with van der Waals surface area (Å²) in [5, 5.41) is 0. The van der Waals surface area contributed by atoms with E-state index < -0.39 is 0 Å². The minimum Gasteiger partial charge on any atom is -0.325 e. The van der Waals surface area contributed by atoms with Crippen LogP contribution in [0.15, 0.2) is 47.9 Å². The van der Waals surface area contributed by atoms with Crippen molar-refractivity contribution in [1.29, 1.82) is 0 Å². The number of allylic oxidation sites excluding steroid dienone is 2. The van der Waals surface area contributed by atoms with E-state index in [0.717, 1.165) is 5.70 Å². The minimum atomic E-state index is -0.0824. The molecule has 0 bridgehead atoms. The largest absolute Gasteiger partial charge is 0.325 e. The fourth-order valence-electron chi connectivity index (χ4n) is 1.05. The van der Waals surface area contributed by atoms with Crippen molar-refractivity contribution in [2.24, 2.45) is 5.73 Å². The zero-order chi connectivity index (χ0) is 9.68. The molecule has 0 radical (unpaired) electrons. The third-order valence-corrected chi connectivity index (χ3v) is 1.65. The first-order valence-corrected chi connectivity index (χ1v) is 3.99. The first-order chi connectivity index (χ1) is 6.29. The number of rotatable bonds is 3. The maximum Gasteiger partial charge on any atom is 0.254 e. The predicted octanol–water partition coefficient (Wildman–Crippen LogP) is 0.834. The normalized spacial score (nSPS) is 11.3. The Bertz CT molecular complexity index is 377. The van der Waals surface area contributed by atoms with Crippen LogP contribution in [-0.2, 0) is 0 Å². The van der Waals surface area contributed by atoms with Crippen molar-refractivity contribution < 1.29 is 0 Å². The lowest BCUT2D eigenvalue weighted by molar-refractivity contribution is 0.972. The lowest BCUT2D eigenvalue weighted by Gasteiger charge is -2.06. The maximum atomic E-state index is 11.3. The summed E-state index contributed by atoms with van der Waals surface area (Å²) in [6.07, 6.45) is 5.02. The van der Waals surface area contributed by atoms with Crippen LogP contribution < -0.4 is 11.3 Å². The minimum absolute atomic E-state index is 0.0824. The van der Waals surface area contributed by atoms with Gasteiger partial charge in [0.15, 0.2) is 0 Å². The summed E-state index contributed by atoms with van der Waals surface area (Å²) in [7, 11) is 0. The molecule has 1 aromatic rings. The van der Waals surface area contributed by atoms with Crippen LogP contribution in [0.1, 0.15) is 0 Å². The summed E-state index contributed by atoms with van der Waals surface area (Å²) < 4.78 is 1.50. The van der Waals surface area contributed by atoms with Gasteiger partial charge in [0.1, 0.15) is 0 Å². The van der Waals surface area contributed by atoms with E-state index in [0.29, 0.717) is 6.54 Å². The van der Waals surface area contributed by atoms with E-state index >= 15 is 0 Å². The van der Waals surface area contributed by atoms with Gasteiger partial charge in [-0.2, -0.15) is 0 Å². The van der Waals surface area contributed by atoms with Crippen molar-refractivity contribution in [2.45, 2.75) is 0 Å². The second kappa shape index (κ2) is 4.42. The summed E-state index contributed by atoms with van der Waals surface area (Å²) in [5.41, 5.74) is 6.14. The van der Waals surface area contributed by atoms with Crippen molar-refractivity contribution in [1.82, 2.24) is 4.57 Å². The molecule has 3 heteroatoms. The first-order valence-electron chi connectivity index (χ1n) is 3.99. The van der Waals surface area contributed by atoms with Gasteiger partial charge in [0, 0.05) is 24.5 Å². The molecule has 0 spiro atoms. The van der Waals surface area contributed by atoms with Crippen molar-refractivity contribution in [2.75, 3.05) is 6.54 Å². The average Bonchev–Trinajstić information content (AvgIpc) is 2.16. The van der Waals surface area contributed by atoms with E-state index in [-0.39, 0.29) is 5.56 Å². The van der Waals surface area contributed by atoms with Gasteiger partial charge in [0.25, 0.3) is 5.56 Å². The molecule has 0 amide bonds. The van der Waals surface area contributed by atoms with Gasteiger partial charge >= 0.3 is 0 Å². The van der Waals surface area contributed by atoms with Crippen LogP contribution in [0, 0.1) is 0 Å². The van der Waals surface area contributed by atoms with Crippen molar-refractivity contribution in [3.8, 4) is 0 Å². The Balaban J connectivity index is 3.20. The highest BCUT2D eigenvalue weighted by atomic mass is 16.1. The molecule has 3 nitrogen and oxygen atoms in total. The lowest BCUT2D eigenvalue weighted by Crippen LogP contribution is -2.21. The summed E-state index contributed by atoms with van der Waals surface area (Å²) in [4.78, 5) is 11.3. The van der Waals surface area contributed by atoms with Gasteiger partial charge in [-0.25, -0.2) is 0 Å². The summed E-state index contributed by atoms with van der Waals surface area (Å²) in [5.74, 6) is 0. The van der Waals surface area contributed by atoms with Gasteiger partial charge in [0.2, 0.25) is 0 Å². The SMILES string of the molecule is C=C/C=C(\CN)n1ccccc1=O. The van der Waals surface area contributed by atoms with Crippen LogP contribution in [0.3, 0.4) is 0 Å². The predicted molar refractivity (Wildman–Crippen MR) is 54.2 cm³/mol. The van der Waals surface area contributed by atoms with Gasteiger partial charge < -0.3 is 5.73 Å². The van der Waals surface area contributed by atoms with Crippen LogP contribution in [0.25, 0.3) is 5.70 Å². The zero-order valence-corrected chi connectivity index (χ0v) is 7.31. The van der Waals surface area contributed by atoms with Crippen molar-refractivity contribution >= 4 is 5.70 Å². The second-order valence-corrected chi connectivity index (χ2v) is 2.51.